The summed E-state index contributed by atoms with van der Waals surface area (Å²) < 4.78 is 88.4. The van der Waals surface area contributed by atoms with Crippen molar-refractivity contribution in [2.45, 2.75) is 379 Å². The predicted octanol–water partition coefficient (Wildman–Crippen LogP) is 27.1. The van der Waals surface area contributed by atoms with E-state index >= 15 is 0 Å². The van der Waals surface area contributed by atoms with Gasteiger partial charge in [0.2, 0.25) is 0 Å². The Morgan fingerprint density at radius 1 is 0.407 bits per heavy atom. The molecule has 0 amide bonds. The average molecular weight is 1690 g/mol. The van der Waals surface area contributed by atoms with Crippen molar-refractivity contribution in [3.05, 3.63) is 24.5 Å². The lowest BCUT2D eigenvalue weighted by atomic mass is 9.91. The zero-order valence-corrected chi connectivity index (χ0v) is 84.4. The molecule has 9 fully saturated rings. The van der Waals surface area contributed by atoms with Crippen LogP contribution in [0.5, 0.6) is 0 Å². The third kappa shape index (κ3) is 80.4. The Morgan fingerprint density at radius 2 is 0.805 bits per heavy atom. The van der Waals surface area contributed by atoms with Crippen LogP contribution in [-0.2, 0) is 56.8 Å². The number of allylic oxidation sites excluding steroid dienone is 2. The number of hydrogen-bond acceptors (Lipinski definition) is 14. The third-order valence-corrected chi connectivity index (χ3v) is 22.3. The van der Waals surface area contributed by atoms with E-state index in [4.69, 9.17) is 56.8 Å². The van der Waals surface area contributed by atoms with E-state index in [-0.39, 0.29) is 24.5 Å². The highest BCUT2D eigenvalue weighted by Gasteiger charge is 2.38. The third-order valence-electron chi connectivity index (χ3n) is 22.3. The van der Waals surface area contributed by atoms with Gasteiger partial charge in [0.25, 0.3) is 5.92 Å². The molecule has 14 nitrogen and oxygen atoms in total. The quantitative estimate of drug-likeness (QED) is 0.0352. The minimum Gasteiger partial charge on any atom is -0.501 e. The topological polar surface area (TPSA) is 117 Å². The fourth-order valence-corrected chi connectivity index (χ4v) is 13.7. The number of piperidine rings is 1. The van der Waals surface area contributed by atoms with Crippen LogP contribution in [0.15, 0.2) is 24.5 Å². The van der Waals surface area contributed by atoms with Gasteiger partial charge in [-0.3, -0.25) is 4.90 Å². The number of ether oxygens (including phenoxy) is 12. The van der Waals surface area contributed by atoms with E-state index in [1.807, 2.05) is 53.4 Å². The molecule has 0 saturated carbocycles. The Hall–Kier alpha value is -1.38. The van der Waals surface area contributed by atoms with Crippen LogP contribution in [-0.4, -0.2) is 192 Å². The van der Waals surface area contributed by atoms with Gasteiger partial charge in [-0.05, 0) is 252 Å². The number of alkyl halides is 2. The smallest absolute Gasteiger partial charge is 0.261 e. The van der Waals surface area contributed by atoms with Crippen LogP contribution >= 0.6 is 0 Å². The molecular weight excluding hydrogens is 1480 g/mol. The highest BCUT2D eigenvalue weighted by atomic mass is 19.3. The SMILES string of the molecule is C=C(C)C(C)C.C=C(OC)C(C)C.CC(C)CC1CCOCC1.CC(C)CC1COC(C)(C)O1.CC(C)CC1COC1.CC(C)CCC1CCOC1.CC(C)CCC1CCOCC1.CC(C)CCC1COC(C)(C)O1.CC(C)CCC1COC1.CC(C)CCN1CCC(F)(F)C1.CC(C)CCN1CCCC(C)C1.COCCOCCC(C)C. The van der Waals surface area contributed by atoms with E-state index in [0.717, 1.165) is 213 Å². The lowest BCUT2D eigenvalue weighted by Crippen LogP contribution is -2.35. The van der Waals surface area contributed by atoms with Crippen molar-refractivity contribution in [2.24, 2.45) is 107 Å². The van der Waals surface area contributed by atoms with Gasteiger partial charge in [0.05, 0.1) is 84.5 Å². The Morgan fingerprint density at radius 3 is 1.14 bits per heavy atom. The summed E-state index contributed by atoms with van der Waals surface area (Å²) in [5.74, 6) is 12.3. The van der Waals surface area contributed by atoms with Crippen LogP contribution in [0.1, 0.15) is 349 Å². The molecule has 0 aromatic heterocycles. The maximum atomic E-state index is 12.7. The van der Waals surface area contributed by atoms with Gasteiger partial charge in [-0.15, -0.1) is 0 Å². The summed E-state index contributed by atoms with van der Waals surface area (Å²) in [4.78, 5) is 4.49. The first kappa shape index (κ1) is 121. The summed E-state index contributed by atoms with van der Waals surface area (Å²) in [6.45, 7) is 92.4. The van der Waals surface area contributed by atoms with Crippen LogP contribution in [0.3, 0.4) is 0 Å². The highest BCUT2D eigenvalue weighted by Crippen LogP contribution is 2.31. The Balaban J connectivity index is -0.00000123. The highest BCUT2D eigenvalue weighted by molar-refractivity contribution is 4.91. The summed E-state index contributed by atoms with van der Waals surface area (Å²) >= 11 is 0. The Bertz CT molecular complexity index is 2150. The molecule has 710 valence electrons. The van der Waals surface area contributed by atoms with Crippen molar-refractivity contribution in [1.29, 1.82) is 0 Å². The summed E-state index contributed by atoms with van der Waals surface area (Å²) in [5.41, 5.74) is 1.26. The summed E-state index contributed by atoms with van der Waals surface area (Å²) in [6, 6.07) is 0. The number of halogens is 2. The molecule has 0 spiro atoms. The number of likely N-dealkylation sites (tertiary alicyclic amines) is 2. The molecule has 9 aliphatic heterocycles. The first-order chi connectivity index (χ1) is 55.2. The van der Waals surface area contributed by atoms with E-state index in [1.165, 1.54) is 134 Å². The van der Waals surface area contributed by atoms with Crippen LogP contribution in [0, 0.1) is 107 Å². The van der Waals surface area contributed by atoms with Crippen LogP contribution in [0.2, 0.25) is 0 Å². The van der Waals surface area contributed by atoms with Gasteiger partial charge in [-0.1, -0.05) is 218 Å². The van der Waals surface area contributed by atoms with E-state index in [0.29, 0.717) is 49.0 Å². The zero-order chi connectivity index (χ0) is 90.2. The molecular formula is C102H206F2N2O12. The van der Waals surface area contributed by atoms with Crippen LogP contribution in [0.4, 0.5) is 8.78 Å². The molecule has 4 unspecified atom stereocenters. The zero-order valence-electron chi connectivity index (χ0n) is 84.4. The second-order valence-electron chi connectivity index (χ2n) is 41.7. The lowest BCUT2D eigenvalue weighted by molar-refractivity contribution is -0.140. The molecule has 9 aliphatic rings. The Kier molecular flexibility index (Phi) is 75.4. The minimum atomic E-state index is -2.42. The molecule has 16 heteroatoms. The average Bonchev–Trinajstić information content (AvgIpc) is 1.73. The van der Waals surface area contributed by atoms with Crippen molar-refractivity contribution in [1.82, 2.24) is 9.80 Å². The van der Waals surface area contributed by atoms with E-state index in [2.05, 4.69) is 177 Å². The van der Waals surface area contributed by atoms with Gasteiger partial charge >= 0.3 is 0 Å². The molecule has 9 saturated heterocycles. The number of nitrogens with zero attached hydrogens (tertiary/aromatic N) is 2. The fourth-order valence-electron chi connectivity index (χ4n) is 13.7. The monoisotopic (exact) mass is 1690 g/mol. The van der Waals surface area contributed by atoms with Crippen molar-refractivity contribution < 1.29 is 65.6 Å². The first-order valence-electron chi connectivity index (χ1n) is 48.5. The van der Waals surface area contributed by atoms with Crippen molar-refractivity contribution >= 4 is 0 Å². The van der Waals surface area contributed by atoms with Crippen LogP contribution in [0.25, 0.3) is 0 Å². The van der Waals surface area contributed by atoms with Crippen molar-refractivity contribution in [3.8, 4) is 0 Å². The standard InChI is InChI=1S/C11H23N.C10H20O2.C10H20O.C9H17F2N.C9H18O2.2C9H18O.C8H18O2.C8H16O.C7H14O.C6H12O.C6H12/c1-10(2)6-8-12-7-4-5-11(3)9-12;1-8(2)5-6-9-7-11-10(3,4)12-9;1-9(2)3-4-10-5-7-11-8-6-10;1-8(2)3-5-12-6-4-9(10,11)7-12;1-7(2)5-8-6-10-9(3,4)11-8;1-8(2)7-9-3-5-10-6-4-9;1-8(2)3-4-9-5-6-10-7-9;1-8(2)4-5-10-7-6-9-3;1-7(2)3-4-8-5-9-6-8;1-6(2)3-7-4-8-5-7;1-5(2)6(3)7-4;1-5(2)6(3)4/h10-11H,4-9H2,1-3H3;8-9H,5-7H2,1-4H3;9-10H,3-8H2,1-2H3;8H,3-7H2,1-2H3;7-8H,5-6H2,1-4H3;2*8-9H,3-7H2,1-2H3;8H,4-7H2,1-3H3;7-8H,3-6H2,1-2H3;6-7H,3-5H2,1-2H3;5H,3H2,1-2,4H3;6H,1H2,2-4H3. The molecule has 0 aromatic carbocycles. The molecule has 0 bridgehead atoms. The largest absolute Gasteiger partial charge is 0.501 e. The summed E-state index contributed by atoms with van der Waals surface area (Å²) in [6.07, 6.45) is 28.0. The fraction of sp³-hybridized carbons (Fsp3) is 0.961. The van der Waals surface area contributed by atoms with Gasteiger partial charge in [-0.2, -0.15) is 0 Å². The summed E-state index contributed by atoms with van der Waals surface area (Å²) in [5, 5.41) is 0. The summed E-state index contributed by atoms with van der Waals surface area (Å²) in [7, 11) is 3.33. The second-order valence-corrected chi connectivity index (χ2v) is 41.7. The molecule has 9 heterocycles. The molecule has 0 radical (unpaired) electrons. The lowest BCUT2D eigenvalue weighted by Gasteiger charge is -2.31. The maximum Gasteiger partial charge on any atom is 0.261 e. The molecule has 0 aromatic rings. The molecule has 4 atom stereocenters. The normalized spacial score (nSPS) is 21.7. The minimum absolute atomic E-state index is 0.0281. The predicted molar refractivity (Wildman–Crippen MR) is 502 cm³/mol. The Labute approximate surface area is 733 Å². The van der Waals surface area contributed by atoms with Crippen molar-refractivity contribution in [2.75, 3.05) is 153 Å². The number of rotatable bonds is 33. The molecule has 0 N–H and O–H groups in total. The second kappa shape index (κ2) is 73.6. The van der Waals surface area contributed by atoms with Gasteiger partial charge in [0, 0.05) is 90.6 Å². The van der Waals surface area contributed by atoms with Gasteiger partial charge < -0.3 is 61.7 Å². The molecule has 9 rings (SSSR count). The van der Waals surface area contributed by atoms with Gasteiger partial charge in [-0.25, -0.2) is 8.78 Å². The number of methoxy groups -OCH3 is 2. The van der Waals surface area contributed by atoms with E-state index in [9.17, 15) is 8.78 Å². The van der Waals surface area contributed by atoms with Gasteiger partial charge in [0.1, 0.15) is 0 Å². The molecule has 0 aliphatic carbocycles. The first-order valence-corrected chi connectivity index (χ1v) is 48.5. The van der Waals surface area contributed by atoms with Crippen molar-refractivity contribution in [3.63, 3.8) is 0 Å². The van der Waals surface area contributed by atoms with Crippen LogP contribution < -0.4 is 0 Å². The number of hydrogen-bond donors (Lipinski definition) is 0. The van der Waals surface area contributed by atoms with Gasteiger partial charge in [0.15, 0.2) is 11.6 Å². The van der Waals surface area contributed by atoms with E-state index in [1.54, 1.807) is 14.2 Å². The van der Waals surface area contributed by atoms with E-state index < -0.39 is 5.92 Å². The maximum absolute atomic E-state index is 12.7. The molecule has 118 heavy (non-hydrogen) atoms.